The van der Waals surface area contributed by atoms with Gasteiger partial charge in [-0.25, -0.2) is 9.97 Å². The molecular formula is C38H32N4O4. The van der Waals surface area contributed by atoms with Gasteiger partial charge in [-0.3, -0.25) is 9.59 Å². The van der Waals surface area contributed by atoms with Crippen molar-refractivity contribution in [2.75, 3.05) is 40.4 Å². The summed E-state index contributed by atoms with van der Waals surface area (Å²) in [6, 6.07) is 34.5. The van der Waals surface area contributed by atoms with E-state index in [0.29, 0.717) is 37.3 Å². The zero-order valence-electron chi connectivity index (χ0n) is 25.6. The van der Waals surface area contributed by atoms with Crippen LogP contribution < -0.4 is 9.47 Å². The Kier molecular flexibility index (Phi) is 7.76. The van der Waals surface area contributed by atoms with E-state index in [-0.39, 0.29) is 11.8 Å². The lowest BCUT2D eigenvalue weighted by atomic mass is 10.0. The van der Waals surface area contributed by atoms with Gasteiger partial charge in [0, 0.05) is 48.1 Å². The van der Waals surface area contributed by atoms with Crippen molar-refractivity contribution in [1.29, 1.82) is 0 Å². The van der Waals surface area contributed by atoms with Crippen molar-refractivity contribution in [1.82, 2.24) is 19.8 Å². The average Bonchev–Trinajstić information content (AvgIpc) is 3.13. The molecule has 46 heavy (non-hydrogen) atoms. The number of pyridine rings is 2. The molecule has 0 aliphatic carbocycles. The Hall–Kier alpha value is -5.76. The molecule has 0 spiro atoms. The van der Waals surface area contributed by atoms with Crippen molar-refractivity contribution >= 4 is 33.6 Å². The van der Waals surface area contributed by atoms with Gasteiger partial charge in [-0.2, -0.15) is 0 Å². The van der Waals surface area contributed by atoms with Gasteiger partial charge < -0.3 is 19.3 Å². The lowest BCUT2D eigenvalue weighted by molar-refractivity contribution is 0.0537. The number of rotatable bonds is 6. The van der Waals surface area contributed by atoms with E-state index in [4.69, 9.17) is 19.4 Å². The number of carbonyl (C=O) groups is 2. The summed E-state index contributed by atoms with van der Waals surface area (Å²) in [5, 5.41) is 1.61. The third-order valence-electron chi connectivity index (χ3n) is 8.52. The van der Waals surface area contributed by atoms with Crippen LogP contribution in [0.4, 0.5) is 0 Å². The maximum atomic E-state index is 14.0. The summed E-state index contributed by atoms with van der Waals surface area (Å²) in [4.78, 5) is 41.4. The van der Waals surface area contributed by atoms with Crippen molar-refractivity contribution in [3.63, 3.8) is 0 Å². The van der Waals surface area contributed by atoms with E-state index in [0.717, 1.165) is 55.8 Å². The third-order valence-corrected chi connectivity index (χ3v) is 8.52. The second-order valence-electron chi connectivity index (χ2n) is 11.2. The molecule has 1 saturated heterocycles. The van der Waals surface area contributed by atoms with Crippen LogP contribution in [0.25, 0.3) is 44.3 Å². The quantitative estimate of drug-likeness (QED) is 0.208. The molecule has 8 heteroatoms. The van der Waals surface area contributed by atoms with Crippen LogP contribution in [0.1, 0.15) is 20.7 Å². The number of benzene rings is 4. The SMILES string of the molecule is COc1ccc(-c2cc(C(=O)N3CCN(C(=O)c4cc(-c5ccc(OC)cc5)nc5ccccc45)CC3)c3ccccc3n2)cc1. The number of aromatic nitrogens is 2. The molecule has 0 radical (unpaired) electrons. The van der Waals surface area contributed by atoms with Crippen LogP contribution in [0.2, 0.25) is 0 Å². The summed E-state index contributed by atoms with van der Waals surface area (Å²) < 4.78 is 10.6. The highest BCUT2D eigenvalue weighted by atomic mass is 16.5. The van der Waals surface area contributed by atoms with Crippen LogP contribution in [-0.2, 0) is 0 Å². The van der Waals surface area contributed by atoms with Gasteiger partial charge >= 0.3 is 0 Å². The summed E-state index contributed by atoms with van der Waals surface area (Å²) >= 11 is 0. The molecule has 0 N–H and O–H groups in total. The zero-order valence-corrected chi connectivity index (χ0v) is 25.6. The van der Waals surface area contributed by atoms with Gasteiger partial charge in [0.05, 0.1) is 47.8 Å². The number of amides is 2. The van der Waals surface area contributed by atoms with Gasteiger partial charge in [-0.05, 0) is 72.8 Å². The number of hydrogen-bond acceptors (Lipinski definition) is 6. The summed E-state index contributed by atoms with van der Waals surface area (Å²) in [5.41, 5.74) is 5.94. The molecule has 1 fully saturated rings. The fourth-order valence-corrected chi connectivity index (χ4v) is 5.98. The Bertz CT molecular complexity index is 1920. The maximum Gasteiger partial charge on any atom is 0.254 e. The number of para-hydroxylation sites is 2. The topological polar surface area (TPSA) is 84.9 Å². The van der Waals surface area contributed by atoms with Gasteiger partial charge in [0.1, 0.15) is 11.5 Å². The Morgan fingerprint density at radius 2 is 0.913 bits per heavy atom. The number of fused-ring (bicyclic) bond motifs is 2. The van der Waals surface area contributed by atoms with Crippen molar-refractivity contribution in [3.05, 3.63) is 120 Å². The smallest absolute Gasteiger partial charge is 0.254 e. The predicted octanol–water partition coefficient (Wildman–Crippen LogP) is 6.73. The third kappa shape index (κ3) is 5.49. The Morgan fingerprint density at radius 1 is 0.543 bits per heavy atom. The highest BCUT2D eigenvalue weighted by molar-refractivity contribution is 6.08. The maximum absolute atomic E-state index is 14.0. The van der Waals surface area contributed by atoms with E-state index in [2.05, 4.69) is 0 Å². The summed E-state index contributed by atoms with van der Waals surface area (Å²) in [6.07, 6.45) is 0. The van der Waals surface area contributed by atoms with E-state index in [1.165, 1.54) is 0 Å². The van der Waals surface area contributed by atoms with Crippen molar-refractivity contribution in [2.45, 2.75) is 0 Å². The number of carbonyl (C=O) groups excluding carboxylic acids is 2. The standard InChI is InChI=1S/C38H32N4O4/c1-45-27-15-11-25(12-16-27)35-23-31(29-7-3-5-9-33(29)39-35)37(43)41-19-21-42(22-20-41)38(44)32-24-36(26-13-17-28(46-2)18-14-26)40-34-10-6-4-8-30(32)34/h3-18,23-24H,19-22H2,1-2H3. The molecule has 0 atom stereocenters. The molecule has 1 aliphatic heterocycles. The largest absolute Gasteiger partial charge is 0.497 e. The molecule has 2 aromatic heterocycles. The van der Waals surface area contributed by atoms with Crippen molar-refractivity contribution in [3.8, 4) is 34.0 Å². The first-order chi connectivity index (χ1) is 22.5. The van der Waals surface area contributed by atoms with Gasteiger partial charge in [0.2, 0.25) is 0 Å². The van der Waals surface area contributed by atoms with Crippen LogP contribution in [-0.4, -0.2) is 72.0 Å². The molecular weight excluding hydrogens is 576 g/mol. The molecule has 7 rings (SSSR count). The van der Waals surface area contributed by atoms with Crippen LogP contribution >= 0.6 is 0 Å². The number of methoxy groups -OCH3 is 2. The minimum Gasteiger partial charge on any atom is -0.497 e. The second kappa shape index (κ2) is 12.3. The van der Waals surface area contributed by atoms with Crippen LogP contribution in [0.5, 0.6) is 11.5 Å². The van der Waals surface area contributed by atoms with Crippen LogP contribution in [0.15, 0.2) is 109 Å². The van der Waals surface area contributed by atoms with Crippen LogP contribution in [0, 0.1) is 0 Å². The fourth-order valence-electron chi connectivity index (χ4n) is 5.98. The normalized spacial score (nSPS) is 13.2. The molecule has 8 nitrogen and oxygen atoms in total. The molecule has 228 valence electrons. The highest BCUT2D eigenvalue weighted by Gasteiger charge is 2.28. The summed E-state index contributed by atoms with van der Waals surface area (Å²) in [6.45, 7) is 1.70. The van der Waals surface area contributed by atoms with Gasteiger partial charge in [0.25, 0.3) is 11.8 Å². The molecule has 6 aromatic rings. The fraction of sp³-hybridized carbons (Fsp3) is 0.158. The predicted molar refractivity (Wildman–Crippen MR) is 179 cm³/mol. The summed E-state index contributed by atoms with van der Waals surface area (Å²) in [5.74, 6) is 1.36. The zero-order chi connectivity index (χ0) is 31.6. The minimum atomic E-state index is -0.0726. The molecule has 2 amide bonds. The number of ether oxygens (including phenoxy) is 2. The lowest BCUT2D eigenvalue weighted by Crippen LogP contribution is -2.50. The average molecular weight is 609 g/mol. The Labute approximate surface area is 266 Å². The number of nitrogens with zero attached hydrogens (tertiary/aromatic N) is 4. The second-order valence-corrected chi connectivity index (χ2v) is 11.2. The molecule has 1 aliphatic rings. The van der Waals surface area contributed by atoms with E-state index in [9.17, 15) is 9.59 Å². The Balaban J connectivity index is 1.14. The van der Waals surface area contributed by atoms with E-state index in [1.807, 2.05) is 119 Å². The molecule has 4 aromatic carbocycles. The van der Waals surface area contributed by atoms with Crippen molar-refractivity contribution in [2.24, 2.45) is 0 Å². The molecule has 0 bridgehead atoms. The molecule has 0 unspecified atom stereocenters. The lowest BCUT2D eigenvalue weighted by Gasteiger charge is -2.35. The molecule has 0 saturated carbocycles. The van der Waals surface area contributed by atoms with E-state index < -0.39 is 0 Å². The summed E-state index contributed by atoms with van der Waals surface area (Å²) in [7, 11) is 3.26. The minimum absolute atomic E-state index is 0.0726. The number of piperazine rings is 1. The van der Waals surface area contributed by atoms with Gasteiger partial charge in [0.15, 0.2) is 0 Å². The van der Waals surface area contributed by atoms with Crippen molar-refractivity contribution < 1.29 is 19.1 Å². The van der Waals surface area contributed by atoms with Crippen LogP contribution in [0.3, 0.4) is 0 Å². The first-order valence-corrected chi connectivity index (χ1v) is 15.2. The monoisotopic (exact) mass is 608 g/mol. The first-order valence-electron chi connectivity index (χ1n) is 15.2. The van der Waals surface area contributed by atoms with Gasteiger partial charge in [-0.1, -0.05) is 36.4 Å². The van der Waals surface area contributed by atoms with Gasteiger partial charge in [-0.15, -0.1) is 0 Å². The first kappa shape index (κ1) is 29.0. The van der Waals surface area contributed by atoms with E-state index >= 15 is 0 Å². The molecule has 3 heterocycles. The Morgan fingerprint density at radius 3 is 1.28 bits per heavy atom. The highest BCUT2D eigenvalue weighted by Crippen LogP contribution is 2.29. The number of hydrogen-bond donors (Lipinski definition) is 0. The van der Waals surface area contributed by atoms with E-state index in [1.54, 1.807) is 14.2 Å².